The summed E-state index contributed by atoms with van der Waals surface area (Å²) in [6.07, 6.45) is 0. The smallest absolute Gasteiger partial charge is 0.163 e. The molecule has 60 valence electrons. The van der Waals surface area contributed by atoms with Crippen LogP contribution in [0, 0.1) is 0 Å². The summed E-state index contributed by atoms with van der Waals surface area (Å²) in [6.45, 7) is 1.50. The first-order chi connectivity index (χ1) is 4.97. The van der Waals surface area contributed by atoms with Gasteiger partial charge in [-0.15, -0.1) is 0 Å². The second kappa shape index (κ2) is 3.02. The van der Waals surface area contributed by atoms with Crippen molar-refractivity contribution in [1.82, 2.24) is 0 Å². The third kappa shape index (κ3) is 4.25. The zero-order valence-electron chi connectivity index (χ0n) is 6.14. The van der Waals surface area contributed by atoms with Gasteiger partial charge in [-0.3, -0.25) is 0 Å². The molecule has 2 aliphatic rings. The molecule has 0 aromatic heterocycles. The summed E-state index contributed by atoms with van der Waals surface area (Å²) in [4.78, 5) is 0. The van der Waals surface area contributed by atoms with Gasteiger partial charge in [-0.25, -0.2) is 0 Å². The Morgan fingerprint density at radius 1 is 1.27 bits per heavy atom. The summed E-state index contributed by atoms with van der Waals surface area (Å²) in [7, 11) is 0. The minimum atomic E-state index is -1.06. The minimum absolute atomic E-state index is 1.06. The van der Waals surface area contributed by atoms with Crippen LogP contribution >= 0.6 is 23.2 Å². The third-order valence-corrected chi connectivity index (χ3v) is 1.11. The van der Waals surface area contributed by atoms with Crippen molar-refractivity contribution in [2.24, 2.45) is 5.73 Å². The highest BCUT2D eigenvalue weighted by Crippen LogP contribution is 2.32. The van der Waals surface area contributed by atoms with Crippen LogP contribution in [0.3, 0.4) is 0 Å². The van der Waals surface area contributed by atoms with Crippen molar-refractivity contribution in [1.29, 1.82) is 0 Å². The Bertz CT molecular complexity index is 229. The summed E-state index contributed by atoms with van der Waals surface area (Å²) in [5.41, 5.74) is 7.74. The maximum atomic E-state index is 5.07. The SMILES string of the molecule is CC(N)(Cl)Cl.c1cc2cc-2c1. The monoisotopic (exact) mass is 189 g/mol. The Balaban J connectivity index is 0.000000114. The van der Waals surface area contributed by atoms with Crippen molar-refractivity contribution in [3.63, 3.8) is 0 Å². The van der Waals surface area contributed by atoms with Crippen LogP contribution in [-0.2, 0) is 0 Å². The fraction of sp³-hybridized carbons (Fsp3) is 0.250. The predicted octanol–water partition coefficient (Wildman–Crippen LogP) is 2.76. The van der Waals surface area contributed by atoms with Gasteiger partial charge in [0.1, 0.15) is 0 Å². The fourth-order valence-electron chi connectivity index (χ4n) is 0.676. The average Bonchev–Trinajstić information content (AvgIpc) is 2.37. The number of nitrogens with two attached hydrogens (primary N) is 1. The predicted molar refractivity (Wildman–Crippen MR) is 49.7 cm³/mol. The first-order valence-electron chi connectivity index (χ1n) is 3.24. The molecule has 11 heavy (non-hydrogen) atoms. The van der Waals surface area contributed by atoms with E-state index in [-0.39, 0.29) is 0 Å². The molecule has 0 fully saturated rings. The molecular weight excluding hydrogens is 181 g/mol. The largest absolute Gasteiger partial charge is 0.300 e. The van der Waals surface area contributed by atoms with E-state index in [1.54, 1.807) is 0 Å². The summed E-state index contributed by atoms with van der Waals surface area (Å²) in [5.74, 6) is 0. The molecule has 0 aliphatic heterocycles. The van der Waals surface area contributed by atoms with Gasteiger partial charge in [0.05, 0.1) is 0 Å². The van der Waals surface area contributed by atoms with Crippen LogP contribution in [0.25, 0.3) is 11.1 Å². The van der Waals surface area contributed by atoms with Crippen LogP contribution in [-0.4, -0.2) is 4.46 Å². The molecule has 0 heterocycles. The van der Waals surface area contributed by atoms with E-state index in [2.05, 4.69) is 24.3 Å². The van der Waals surface area contributed by atoms with Gasteiger partial charge in [0.25, 0.3) is 0 Å². The van der Waals surface area contributed by atoms with Crippen molar-refractivity contribution in [3.8, 4) is 11.1 Å². The molecule has 0 saturated heterocycles. The average molecular weight is 190 g/mol. The number of alkyl halides is 2. The number of benzene rings is 1. The molecule has 2 N–H and O–H groups in total. The topological polar surface area (TPSA) is 26.0 Å². The molecule has 1 nitrogen and oxygen atoms in total. The molecular formula is C8H9Cl2N. The maximum Gasteiger partial charge on any atom is 0.163 e. The van der Waals surface area contributed by atoms with Crippen LogP contribution in [0.15, 0.2) is 24.3 Å². The summed E-state index contributed by atoms with van der Waals surface area (Å²) < 4.78 is -1.06. The number of rotatable bonds is 0. The quantitative estimate of drug-likeness (QED) is 0.501. The minimum Gasteiger partial charge on any atom is -0.300 e. The molecule has 2 aliphatic carbocycles. The van der Waals surface area contributed by atoms with Crippen molar-refractivity contribution in [3.05, 3.63) is 24.3 Å². The highest BCUT2D eigenvalue weighted by molar-refractivity contribution is 6.47. The van der Waals surface area contributed by atoms with Gasteiger partial charge < -0.3 is 5.73 Å². The summed E-state index contributed by atoms with van der Waals surface area (Å²) in [6, 6.07) is 8.48. The molecule has 2 rings (SSSR count). The fourth-order valence-corrected chi connectivity index (χ4v) is 0.676. The van der Waals surface area contributed by atoms with Gasteiger partial charge in [-0.2, -0.15) is 0 Å². The van der Waals surface area contributed by atoms with Crippen LogP contribution in [0.1, 0.15) is 6.92 Å². The number of halogens is 2. The van der Waals surface area contributed by atoms with E-state index in [4.69, 9.17) is 28.9 Å². The molecule has 0 aromatic carbocycles. The standard InChI is InChI=1S/C6H4.C2H5Cl2N/c1-2-5-4-6(5)3-1;1-2(3,4)5/h1-4H;5H2,1H3. The Kier molecular flexibility index (Phi) is 2.43. The van der Waals surface area contributed by atoms with Crippen LogP contribution in [0.2, 0.25) is 0 Å². The highest BCUT2D eigenvalue weighted by atomic mass is 35.5. The lowest BCUT2D eigenvalue weighted by molar-refractivity contribution is 0.935. The normalized spacial score (nSPS) is 11.6. The molecule has 0 saturated carbocycles. The lowest BCUT2D eigenvalue weighted by Crippen LogP contribution is -2.19. The van der Waals surface area contributed by atoms with Gasteiger partial charge in [0.15, 0.2) is 4.46 Å². The third-order valence-electron chi connectivity index (χ3n) is 1.11. The Labute approximate surface area is 76.1 Å². The number of hydrogen-bond acceptors (Lipinski definition) is 1. The van der Waals surface area contributed by atoms with E-state index in [1.165, 1.54) is 18.1 Å². The van der Waals surface area contributed by atoms with Gasteiger partial charge in [0.2, 0.25) is 0 Å². The highest BCUT2D eigenvalue weighted by Gasteiger charge is 2.07. The number of hydrogen-bond donors (Lipinski definition) is 1. The van der Waals surface area contributed by atoms with Gasteiger partial charge in [0, 0.05) is 0 Å². The van der Waals surface area contributed by atoms with Crippen molar-refractivity contribution in [2.45, 2.75) is 11.4 Å². The Morgan fingerprint density at radius 3 is 1.73 bits per heavy atom. The van der Waals surface area contributed by atoms with E-state index in [1.807, 2.05) is 0 Å². The van der Waals surface area contributed by atoms with E-state index >= 15 is 0 Å². The molecule has 0 bridgehead atoms. The zero-order valence-corrected chi connectivity index (χ0v) is 7.65. The van der Waals surface area contributed by atoms with E-state index in [9.17, 15) is 0 Å². The molecule has 0 spiro atoms. The Hall–Kier alpha value is -0.240. The van der Waals surface area contributed by atoms with Crippen molar-refractivity contribution < 1.29 is 0 Å². The molecule has 0 atom stereocenters. The maximum absolute atomic E-state index is 5.07. The zero-order chi connectivity index (χ0) is 8.48. The van der Waals surface area contributed by atoms with Crippen molar-refractivity contribution in [2.75, 3.05) is 0 Å². The van der Waals surface area contributed by atoms with Crippen LogP contribution in [0.5, 0.6) is 0 Å². The first-order valence-corrected chi connectivity index (χ1v) is 3.99. The van der Waals surface area contributed by atoms with Crippen LogP contribution in [0.4, 0.5) is 0 Å². The van der Waals surface area contributed by atoms with Gasteiger partial charge in [-0.1, -0.05) is 41.4 Å². The van der Waals surface area contributed by atoms with Crippen molar-refractivity contribution >= 4 is 23.2 Å². The first kappa shape index (κ1) is 8.85. The summed E-state index contributed by atoms with van der Waals surface area (Å²) >= 11 is 10.1. The molecule has 0 amide bonds. The van der Waals surface area contributed by atoms with Crippen LogP contribution < -0.4 is 5.73 Å². The summed E-state index contributed by atoms with van der Waals surface area (Å²) in [5, 5.41) is 0. The van der Waals surface area contributed by atoms with E-state index in [0.717, 1.165) is 0 Å². The Morgan fingerprint density at radius 2 is 1.64 bits per heavy atom. The second-order valence-electron chi connectivity index (χ2n) is 2.54. The van der Waals surface area contributed by atoms with Gasteiger partial charge in [-0.05, 0) is 24.1 Å². The van der Waals surface area contributed by atoms with Gasteiger partial charge >= 0.3 is 0 Å². The second-order valence-corrected chi connectivity index (χ2v) is 4.30. The van der Waals surface area contributed by atoms with E-state index < -0.39 is 4.46 Å². The number of fused-ring (bicyclic) bond motifs is 1. The molecule has 0 radical (unpaired) electrons. The molecule has 3 heteroatoms. The molecule has 0 aromatic rings. The van der Waals surface area contributed by atoms with E-state index in [0.29, 0.717) is 0 Å². The lowest BCUT2D eigenvalue weighted by Gasteiger charge is -1.99. The molecule has 0 unspecified atom stereocenters. The lowest BCUT2D eigenvalue weighted by atomic mass is 10.6.